The highest BCUT2D eigenvalue weighted by Gasteiger charge is 2.16. The predicted octanol–water partition coefficient (Wildman–Crippen LogP) is 2.84. The predicted molar refractivity (Wildman–Crippen MR) is 98.0 cm³/mol. The minimum Gasteiger partial charge on any atom is -0.372 e. The minimum absolute atomic E-state index is 0.0261. The van der Waals surface area contributed by atoms with Crippen molar-refractivity contribution in [1.29, 1.82) is 0 Å². The maximum atomic E-state index is 12.3. The second-order valence-electron chi connectivity index (χ2n) is 6.30. The lowest BCUT2D eigenvalue weighted by molar-refractivity contribution is -0.123. The monoisotopic (exact) mass is 330 g/mol. The largest absolute Gasteiger partial charge is 0.372 e. The molecule has 0 aliphatic heterocycles. The molecule has 1 amide bonds. The molecule has 2 atom stereocenters. The van der Waals surface area contributed by atoms with Gasteiger partial charge in [0.15, 0.2) is 0 Å². The molecule has 0 heterocycles. The van der Waals surface area contributed by atoms with Gasteiger partial charge in [0.25, 0.3) is 0 Å². The molecular formula is C20H30N2O2. The Hall–Kier alpha value is -1.65. The number of rotatable bonds is 8. The third kappa shape index (κ3) is 6.85. The van der Waals surface area contributed by atoms with Crippen molar-refractivity contribution in [1.82, 2.24) is 10.6 Å². The molecule has 4 nitrogen and oxygen atoms in total. The van der Waals surface area contributed by atoms with Gasteiger partial charge in [-0.15, -0.1) is 0 Å². The minimum atomic E-state index is -0.214. The lowest BCUT2D eigenvalue weighted by Gasteiger charge is -2.18. The highest BCUT2D eigenvalue weighted by Crippen LogP contribution is 2.13. The molecule has 0 saturated carbocycles. The molecule has 4 heteroatoms. The van der Waals surface area contributed by atoms with Gasteiger partial charge in [0, 0.05) is 6.54 Å². The highest BCUT2D eigenvalue weighted by molar-refractivity contribution is 5.82. The van der Waals surface area contributed by atoms with Crippen molar-refractivity contribution >= 4 is 5.91 Å². The van der Waals surface area contributed by atoms with Gasteiger partial charge in [-0.1, -0.05) is 55.3 Å². The van der Waals surface area contributed by atoms with E-state index in [9.17, 15) is 4.79 Å². The van der Waals surface area contributed by atoms with Crippen molar-refractivity contribution in [2.75, 3.05) is 20.2 Å². The fourth-order valence-corrected chi connectivity index (χ4v) is 2.95. The van der Waals surface area contributed by atoms with E-state index in [-0.39, 0.29) is 18.1 Å². The first-order valence-electron chi connectivity index (χ1n) is 9.07. The number of ether oxygens (including phenoxy) is 1. The van der Waals surface area contributed by atoms with Crippen LogP contribution >= 0.6 is 0 Å². The molecular weight excluding hydrogens is 300 g/mol. The zero-order chi connectivity index (χ0) is 17.0. The molecule has 0 spiro atoms. The van der Waals surface area contributed by atoms with Crippen LogP contribution in [0.2, 0.25) is 0 Å². The fourth-order valence-electron chi connectivity index (χ4n) is 2.95. The molecule has 24 heavy (non-hydrogen) atoms. The highest BCUT2D eigenvalue weighted by atomic mass is 16.5. The Morgan fingerprint density at radius 3 is 2.88 bits per heavy atom. The lowest BCUT2D eigenvalue weighted by atomic mass is 10.0. The first-order valence-corrected chi connectivity index (χ1v) is 9.07. The van der Waals surface area contributed by atoms with Crippen LogP contribution in [0, 0.1) is 0 Å². The standard InChI is InChI=1S/C20H30N2O2/c1-21-19(16-17-10-6-5-7-11-17)20(23)22-14-15-24-18-12-8-3-2-4-9-13-18/h5-8,10-12,18-19,21H,2-4,9,13-16H2,1H3,(H,22,23)/b12-8-/t18?,19-/m0/s1. The van der Waals surface area contributed by atoms with Gasteiger partial charge in [0.2, 0.25) is 5.91 Å². The number of hydrogen-bond acceptors (Lipinski definition) is 3. The molecule has 1 aliphatic carbocycles. The molecule has 0 bridgehead atoms. The number of likely N-dealkylation sites (N-methyl/N-ethyl adjacent to an activating group) is 1. The van der Waals surface area contributed by atoms with Gasteiger partial charge in [-0.05, 0) is 38.3 Å². The van der Waals surface area contributed by atoms with Gasteiger partial charge >= 0.3 is 0 Å². The zero-order valence-corrected chi connectivity index (χ0v) is 14.7. The third-order valence-corrected chi connectivity index (χ3v) is 4.39. The Balaban J connectivity index is 1.68. The lowest BCUT2D eigenvalue weighted by Crippen LogP contribution is -2.45. The van der Waals surface area contributed by atoms with Gasteiger partial charge in [-0.25, -0.2) is 0 Å². The first-order chi connectivity index (χ1) is 11.8. The van der Waals surface area contributed by atoms with Gasteiger partial charge in [-0.2, -0.15) is 0 Å². The second kappa shape index (κ2) is 11.0. The molecule has 1 aromatic carbocycles. The maximum absolute atomic E-state index is 12.3. The number of carbonyl (C=O) groups is 1. The Labute approximate surface area is 145 Å². The summed E-state index contributed by atoms with van der Waals surface area (Å²) in [5.41, 5.74) is 1.16. The van der Waals surface area contributed by atoms with E-state index in [0.29, 0.717) is 19.6 Å². The Morgan fingerprint density at radius 2 is 2.08 bits per heavy atom. The molecule has 0 fully saturated rings. The summed E-state index contributed by atoms with van der Waals surface area (Å²) in [6, 6.07) is 9.85. The number of nitrogens with one attached hydrogen (secondary N) is 2. The molecule has 1 unspecified atom stereocenters. The van der Waals surface area contributed by atoms with Crippen molar-refractivity contribution in [2.45, 2.75) is 50.7 Å². The maximum Gasteiger partial charge on any atom is 0.237 e. The van der Waals surface area contributed by atoms with E-state index in [1.54, 1.807) is 0 Å². The summed E-state index contributed by atoms with van der Waals surface area (Å²) in [5.74, 6) is 0.0261. The quantitative estimate of drug-likeness (QED) is 0.569. The van der Waals surface area contributed by atoms with E-state index >= 15 is 0 Å². The van der Waals surface area contributed by atoms with Crippen LogP contribution in [-0.2, 0) is 16.0 Å². The van der Waals surface area contributed by atoms with Crippen molar-refractivity contribution in [3.05, 3.63) is 48.0 Å². The van der Waals surface area contributed by atoms with Crippen molar-refractivity contribution in [3.8, 4) is 0 Å². The van der Waals surface area contributed by atoms with Crippen molar-refractivity contribution in [3.63, 3.8) is 0 Å². The number of benzene rings is 1. The first kappa shape index (κ1) is 18.7. The van der Waals surface area contributed by atoms with Crippen LogP contribution in [0.1, 0.15) is 37.7 Å². The second-order valence-corrected chi connectivity index (χ2v) is 6.30. The summed E-state index contributed by atoms with van der Waals surface area (Å²) in [6.45, 7) is 1.11. The topological polar surface area (TPSA) is 50.4 Å². The van der Waals surface area contributed by atoms with Gasteiger partial charge in [-0.3, -0.25) is 4.79 Å². The molecule has 0 aromatic heterocycles. The van der Waals surface area contributed by atoms with E-state index in [2.05, 4.69) is 22.8 Å². The number of carbonyl (C=O) groups excluding carboxylic acids is 1. The van der Waals surface area contributed by atoms with Crippen LogP contribution < -0.4 is 10.6 Å². The Bertz CT molecular complexity index is 502. The van der Waals surface area contributed by atoms with E-state index in [4.69, 9.17) is 4.74 Å². The summed E-state index contributed by atoms with van der Waals surface area (Å²) in [6.07, 6.45) is 11.3. The molecule has 0 saturated heterocycles. The van der Waals surface area contributed by atoms with Gasteiger partial charge < -0.3 is 15.4 Å². The SMILES string of the molecule is CN[C@@H](Cc1ccccc1)C(=O)NCCOC1/C=C\CCCCC1. The van der Waals surface area contributed by atoms with Crippen LogP contribution in [-0.4, -0.2) is 38.3 Å². The third-order valence-electron chi connectivity index (χ3n) is 4.39. The molecule has 1 aromatic rings. The smallest absolute Gasteiger partial charge is 0.237 e. The summed E-state index contributed by atoms with van der Waals surface area (Å²) < 4.78 is 5.88. The van der Waals surface area contributed by atoms with Crippen LogP contribution in [0.15, 0.2) is 42.5 Å². The van der Waals surface area contributed by atoms with E-state index in [1.165, 1.54) is 19.3 Å². The van der Waals surface area contributed by atoms with E-state index in [0.717, 1.165) is 18.4 Å². The van der Waals surface area contributed by atoms with E-state index < -0.39 is 0 Å². The Kier molecular flexibility index (Phi) is 8.56. The molecule has 132 valence electrons. The number of amides is 1. The zero-order valence-electron chi connectivity index (χ0n) is 14.7. The summed E-state index contributed by atoms with van der Waals surface area (Å²) in [5, 5.41) is 6.06. The fraction of sp³-hybridized carbons (Fsp3) is 0.550. The summed E-state index contributed by atoms with van der Waals surface area (Å²) in [7, 11) is 1.82. The van der Waals surface area contributed by atoms with Gasteiger partial charge in [0.1, 0.15) is 0 Å². The average Bonchev–Trinajstić information content (AvgIpc) is 2.58. The van der Waals surface area contributed by atoms with Gasteiger partial charge in [0.05, 0.1) is 18.8 Å². The number of hydrogen-bond donors (Lipinski definition) is 2. The van der Waals surface area contributed by atoms with Crippen molar-refractivity contribution in [2.24, 2.45) is 0 Å². The van der Waals surface area contributed by atoms with Crippen LogP contribution in [0.5, 0.6) is 0 Å². The van der Waals surface area contributed by atoms with Crippen molar-refractivity contribution < 1.29 is 9.53 Å². The van der Waals surface area contributed by atoms with Crippen LogP contribution in [0.25, 0.3) is 0 Å². The van der Waals surface area contributed by atoms with E-state index in [1.807, 2.05) is 37.4 Å². The normalized spacial score (nSPS) is 20.6. The van der Waals surface area contributed by atoms with Crippen LogP contribution in [0.3, 0.4) is 0 Å². The number of allylic oxidation sites excluding steroid dienone is 1. The Morgan fingerprint density at radius 1 is 1.25 bits per heavy atom. The molecule has 2 N–H and O–H groups in total. The van der Waals surface area contributed by atoms with Crippen LogP contribution in [0.4, 0.5) is 0 Å². The summed E-state index contributed by atoms with van der Waals surface area (Å²) >= 11 is 0. The summed E-state index contributed by atoms with van der Waals surface area (Å²) in [4.78, 5) is 12.3. The molecule has 1 aliphatic rings. The molecule has 2 rings (SSSR count). The average molecular weight is 330 g/mol. The molecule has 0 radical (unpaired) electrons.